The number of rotatable bonds is 1. The van der Waals surface area contributed by atoms with Gasteiger partial charge < -0.3 is 0 Å². The molecule has 90 valence electrons. The highest BCUT2D eigenvalue weighted by atomic mass is 32.2. The fourth-order valence-electron chi connectivity index (χ4n) is 1.55. The van der Waals surface area contributed by atoms with Crippen molar-refractivity contribution in [2.24, 2.45) is 0 Å². The van der Waals surface area contributed by atoms with Gasteiger partial charge in [-0.15, -0.1) is 11.8 Å². The van der Waals surface area contributed by atoms with Crippen molar-refractivity contribution in [1.82, 2.24) is 0 Å². The lowest BCUT2D eigenvalue weighted by Gasteiger charge is -2.28. The van der Waals surface area contributed by atoms with Gasteiger partial charge in [0, 0.05) is 6.07 Å². The van der Waals surface area contributed by atoms with Crippen molar-refractivity contribution in [2.75, 3.05) is 10.7 Å². The van der Waals surface area contributed by atoms with Crippen molar-refractivity contribution in [3.8, 4) is 0 Å². The van der Waals surface area contributed by atoms with Crippen molar-refractivity contribution in [3.63, 3.8) is 0 Å². The van der Waals surface area contributed by atoms with Crippen LogP contribution in [0.2, 0.25) is 0 Å². The quantitative estimate of drug-likeness (QED) is 0.722. The largest absolute Gasteiger partial charge is 0.273 e. The van der Waals surface area contributed by atoms with Gasteiger partial charge in [-0.25, -0.2) is 13.7 Å². The number of carbonyl (C=O) groups is 2. The van der Waals surface area contributed by atoms with Gasteiger partial charge in [-0.1, -0.05) is 0 Å². The summed E-state index contributed by atoms with van der Waals surface area (Å²) < 4.78 is 26.3. The van der Waals surface area contributed by atoms with Gasteiger partial charge in [-0.2, -0.15) is 0 Å². The van der Waals surface area contributed by atoms with Crippen molar-refractivity contribution < 1.29 is 18.4 Å². The fraction of sp³-hybridized carbons (Fsp3) is 0.273. The average molecular weight is 257 g/mol. The van der Waals surface area contributed by atoms with E-state index in [0.29, 0.717) is 6.07 Å². The molecule has 0 bridgehead atoms. The van der Waals surface area contributed by atoms with E-state index in [1.165, 1.54) is 11.8 Å². The van der Waals surface area contributed by atoms with Crippen LogP contribution in [0.25, 0.3) is 0 Å². The number of nitrogens with zero attached hydrogens (tertiary/aromatic N) is 1. The molecule has 1 saturated heterocycles. The summed E-state index contributed by atoms with van der Waals surface area (Å²) in [5, 5.41) is -0.405. The summed E-state index contributed by atoms with van der Waals surface area (Å²) in [5.41, 5.74) is -0.187. The van der Waals surface area contributed by atoms with Crippen molar-refractivity contribution in [1.29, 1.82) is 0 Å². The SMILES string of the molecule is C[C@H]1SCC(=O)N(c2ccc(F)cc2F)C1=O. The zero-order valence-electron chi connectivity index (χ0n) is 8.94. The molecule has 0 aromatic heterocycles. The minimum Gasteiger partial charge on any atom is -0.273 e. The molecular formula is C11H9F2NO2S. The molecule has 1 aliphatic heterocycles. The third-order valence-electron chi connectivity index (χ3n) is 2.42. The van der Waals surface area contributed by atoms with Crippen LogP contribution >= 0.6 is 11.8 Å². The standard InChI is InChI=1S/C11H9F2NO2S/c1-6-11(16)14(10(15)5-17-6)9-3-2-7(12)4-8(9)13/h2-4,6H,5H2,1H3/t6-/m1/s1. The van der Waals surface area contributed by atoms with Crippen molar-refractivity contribution in [3.05, 3.63) is 29.8 Å². The maximum atomic E-state index is 13.5. The monoisotopic (exact) mass is 257 g/mol. The third kappa shape index (κ3) is 2.17. The number of halogens is 2. The molecule has 0 radical (unpaired) electrons. The Kier molecular flexibility index (Phi) is 3.15. The molecule has 6 heteroatoms. The van der Waals surface area contributed by atoms with E-state index >= 15 is 0 Å². The van der Waals surface area contributed by atoms with E-state index in [1.807, 2.05) is 0 Å². The minimum atomic E-state index is -0.911. The minimum absolute atomic E-state index is 0.115. The summed E-state index contributed by atoms with van der Waals surface area (Å²) in [4.78, 5) is 24.2. The number of anilines is 1. The van der Waals surface area contributed by atoms with E-state index in [0.717, 1.165) is 17.0 Å². The third-order valence-corrected chi connectivity index (χ3v) is 3.54. The molecule has 17 heavy (non-hydrogen) atoms. The normalized spacial score (nSPS) is 20.9. The smallest absolute Gasteiger partial charge is 0.246 e. The van der Waals surface area contributed by atoms with E-state index in [-0.39, 0.29) is 11.4 Å². The Hall–Kier alpha value is -1.43. The summed E-state index contributed by atoms with van der Waals surface area (Å²) in [6, 6.07) is 2.77. The zero-order chi connectivity index (χ0) is 12.6. The highest BCUT2D eigenvalue weighted by Gasteiger charge is 2.34. The van der Waals surface area contributed by atoms with E-state index in [2.05, 4.69) is 0 Å². The Labute approximate surface area is 101 Å². The molecule has 3 nitrogen and oxygen atoms in total. The summed E-state index contributed by atoms with van der Waals surface area (Å²) >= 11 is 1.20. The lowest BCUT2D eigenvalue weighted by atomic mass is 10.2. The van der Waals surface area contributed by atoms with Crippen LogP contribution in [-0.2, 0) is 9.59 Å². The second-order valence-electron chi connectivity index (χ2n) is 3.62. The predicted octanol–water partition coefficient (Wildman–Crippen LogP) is 1.96. The van der Waals surface area contributed by atoms with E-state index in [9.17, 15) is 18.4 Å². The number of imide groups is 1. The molecule has 1 aromatic carbocycles. The van der Waals surface area contributed by atoms with E-state index in [1.54, 1.807) is 6.92 Å². The highest BCUT2D eigenvalue weighted by Crippen LogP contribution is 2.28. The summed E-state index contributed by atoms with van der Waals surface area (Å²) in [5.74, 6) is -2.50. The maximum Gasteiger partial charge on any atom is 0.246 e. The lowest BCUT2D eigenvalue weighted by Crippen LogP contribution is -2.47. The Bertz CT molecular complexity index is 492. The van der Waals surface area contributed by atoms with E-state index in [4.69, 9.17) is 0 Å². The highest BCUT2D eigenvalue weighted by molar-refractivity contribution is 8.01. The number of thioether (sulfide) groups is 1. The first-order valence-electron chi connectivity index (χ1n) is 4.94. The Morgan fingerprint density at radius 1 is 1.35 bits per heavy atom. The zero-order valence-corrected chi connectivity index (χ0v) is 9.76. The molecule has 1 atom stereocenters. The predicted molar refractivity (Wildman–Crippen MR) is 60.8 cm³/mol. The van der Waals surface area contributed by atoms with Crippen LogP contribution in [-0.4, -0.2) is 22.8 Å². The lowest BCUT2D eigenvalue weighted by molar-refractivity contribution is -0.125. The van der Waals surface area contributed by atoms with Crippen LogP contribution in [0, 0.1) is 11.6 Å². The van der Waals surface area contributed by atoms with Gasteiger partial charge in [-0.05, 0) is 19.1 Å². The molecule has 0 spiro atoms. The van der Waals surface area contributed by atoms with Gasteiger partial charge in [0.1, 0.15) is 11.6 Å². The number of benzene rings is 1. The van der Waals surface area contributed by atoms with Gasteiger partial charge in [0.05, 0.1) is 16.7 Å². The van der Waals surface area contributed by atoms with Crippen molar-refractivity contribution >= 4 is 29.3 Å². The fourth-order valence-corrected chi connectivity index (χ4v) is 2.32. The molecule has 2 amide bonds. The first kappa shape index (κ1) is 12.0. The maximum absolute atomic E-state index is 13.5. The van der Waals surface area contributed by atoms with Gasteiger partial charge in [0.25, 0.3) is 0 Å². The molecule has 0 aliphatic carbocycles. The van der Waals surface area contributed by atoms with E-state index < -0.39 is 28.7 Å². The Balaban J connectivity index is 2.43. The van der Waals surface area contributed by atoms with Crippen LogP contribution < -0.4 is 4.90 Å². The number of hydrogen-bond donors (Lipinski definition) is 0. The van der Waals surface area contributed by atoms with Gasteiger partial charge in [0.15, 0.2) is 0 Å². The second kappa shape index (κ2) is 4.44. The van der Waals surface area contributed by atoms with Crippen molar-refractivity contribution in [2.45, 2.75) is 12.2 Å². The Morgan fingerprint density at radius 2 is 2.06 bits per heavy atom. The molecule has 2 rings (SSSR count). The first-order chi connectivity index (χ1) is 8.00. The molecule has 1 heterocycles. The Morgan fingerprint density at radius 3 is 2.71 bits per heavy atom. The number of carbonyl (C=O) groups excluding carboxylic acids is 2. The van der Waals surface area contributed by atoms with Gasteiger partial charge in [0.2, 0.25) is 11.8 Å². The van der Waals surface area contributed by atoms with Crippen LogP contribution in [0.4, 0.5) is 14.5 Å². The number of hydrogen-bond acceptors (Lipinski definition) is 3. The van der Waals surface area contributed by atoms with Crippen LogP contribution in [0.1, 0.15) is 6.92 Å². The second-order valence-corrected chi connectivity index (χ2v) is 4.95. The van der Waals surface area contributed by atoms with Gasteiger partial charge >= 0.3 is 0 Å². The molecule has 0 unspecified atom stereocenters. The number of amides is 2. The molecule has 1 fully saturated rings. The summed E-state index contributed by atoms with van der Waals surface area (Å²) in [7, 11) is 0. The summed E-state index contributed by atoms with van der Waals surface area (Å²) in [6.45, 7) is 1.65. The average Bonchev–Trinajstić information content (AvgIpc) is 2.27. The van der Waals surface area contributed by atoms with Gasteiger partial charge in [-0.3, -0.25) is 9.59 Å². The molecule has 0 N–H and O–H groups in total. The first-order valence-corrected chi connectivity index (χ1v) is 5.99. The van der Waals surface area contributed by atoms with Crippen LogP contribution in [0.3, 0.4) is 0 Å². The molecule has 0 saturated carbocycles. The topological polar surface area (TPSA) is 37.4 Å². The molecule has 1 aromatic rings. The molecular weight excluding hydrogens is 248 g/mol. The van der Waals surface area contributed by atoms with Crippen LogP contribution in [0.5, 0.6) is 0 Å². The van der Waals surface area contributed by atoms with Crippen LogP contribution in [0.15, 0.2) is 18.2 Å². The molecule has 1 aliphatic rings. The summed E-state index contributed by atoms with van der Waals surface area (Å²) in [6.07, 6.45) is 0.